The van der Waals surface area contributed by atoms with Crippen LogP contribution in [0.25, 0.3) is 22.3 Å². The molecular formula is C22H24N4O. The highest BCUT2D eigenvalue weighted by molar-refractivity contribution is 6.10. The second-order valence-electron chi connectivity index (χ2n) is 8.25. The highest BCUT2D eigenvalue weighted by Gasteiger charge is 2.44. The number of carbonyl (C=O) groups excluding carboxylic acids is 1. The highest BCUT2D eigenvalue weighted by atomic mass is 16.2. The van der Waals surface area contributed by atoms with Gasteiger partial charge in [-0.2, -0.15) is 5.10 Å². The molecule has 3 heterocycles. The fraction of sp³-hybridized carbons (Fsp3) is 0.364. The molecule has 5 nitrogen and oxygen atoms in total. The van der Waals surface area contributed by atoms with Gasteiger partial charge in [-0.1, -0.05) is 6.08 Å². The molecule has 2 aromatic heterocycles. The summed E-state index contributed by atoms with van der Waals surface area (Å²) in [5, 5.41) is 8.93. The van der Waals surface area contributed by atoms with E-state index in [0.717, 1.165) is 53.1 Å². The Morgan fingerprint density at radius 2 is 2.07 bits per heavy atom. The van der Waals surface area contributed by atoms with E-state index in [1.807, 2.05) is 18.7 Å². The molecule has 2 aliphatic rings. The average molecular weight is 360 g/mol. The highest BCUT2D eigenvalue weighted by Crippen LogP contribution is 2.46. The van der Waals surface area contributed by atoms with Gasteiger partial charge in [0.25, 0.3) is 0 Å². The molecule has 0 spiro atoms. The van der Waals surface area contributed by atoms with Crippen molar-refractivity contribution in [1.29, 1.82) is 0 Å². The third-order valence-electron chi connectivity index (χ3n) is 6.24. The molecule has 3 aromatic rings. The van der Waals surface area contributed by atoms with E-state index in [2.05, 4.69) is 40.8 Å². The first-order valence-corrected chi connectivity index (χ1v) is 9.59. The van der Waals surface area contributed by atoms with Crippen molar-refractivity contribution in [2.24, 2.45) is 0 Å². The number of nitrogens with one attached hydrogen (secondary N) is 2. The molecule has 2 N–H and O–H groups in total. The maximum absolute atomic E-state index is 12.9. The third-order valence-corrected chi connectivity index (χ3v) is 6.24. The minimum Gasteiger partial charge on any atom is -0.353 e. The molecule has 138 valence electrons. The fourth-order valence-corrected chi connectivity index (χ4v) is 4.75. The van der Waals surface area contributed by atoms with Gasteiger partial charge in [0.05, 0.1) is 11.1 Å². The summed E-state index contributed by atoms with van der Waals surface area (Å²) in [6.45, 7) is 10.5. The van der Waals surface area contributed by atoms with Gasteiger partial charge < -0.3 is 9.88 Å². The molecule has 0 bridgehead atoms. The molecule has 1 aromatic carbocycles. The molecule has 0 saturated heterocycles. The Hall–Kier alpha value is -2.82. The third kappa shape index (κ3) is 2.05. The number of nitrogens with zero attached hydrogens (tertiary/aromatic N) is 2. The zero-order valence-electron chi connectivity index (χ0n) is 16.1. The maximum atomic E-state index is 12.9. The Bertz CT molecular complexity index is 1120. The van der Waals surface area contributed by atoms with E-state index in [4.69, 9.17) is 0 Å². The van der Waals surface area contributed by atoms with Crippen LogP contribution in [0.3, 0.4) is 0 Å². The molecule has 0 radical (unpaired) electrons. The summed E-state index contributed by atoms with van der Waals surface area (Å²) >= 11 is 0. The van der Waals surface area contributed by atoms with E-state index < -0.39 is 5.41 Å². The van der Waals surface area contributed by atoms with E-state index in [-0.39, 0.29) is 5.91 Å². The summed E-state index contributed by atoms with van der Waals surface area (Å²) in [6.07, 6.45) is 4.96. The van der Waals surface area contributed by atoms with Gasteiger partial charge in [-0.25, -0.2) is 0 Å². The van der Waals surface area contributed by atoms with Crippen LogP contribution >= 0.6 is 0 Å². The van der Waals surface area contributed by atoms with E-state index in [1.54, 1.807) is 6.08 Å². The normalized spacial score (nSPS) is 17.6. The Morgan fingerprint density at radius 1 is 1.30 bits per heavy atom. The second-order valence-corrected chi connectivity index (χ2v) is 8.25. The molecule has 27 heavy (non-hydrogen) atoms. The molecule has 1 amide bonds. The average Bonchev–Trinajstić information content (AvgIpc) is 3.18. The van der Waals surface area contributed by atoms with E-state index in [0.29, 0.717) is 6.54 Å². The van der Waals surface area contributed by atoms with Crippen molar-refractivity contribution >= 4 is 22.5 Å². The van der Waals surface area contributed by atoms with Crippen LogP contribution in [0.2, 0.25) is 0 Å². The number of carbonyl (C=O) groups is 1. The number of hydrogen-bond acceptors (Lipinski definition) is 2. The lowest BCUT2D eigenvalue weighted by molar-refractivity contribution is -0.121. The van der Waals surface area contributed by atoms with Crippen LogP contribution < -0.4 is 4.90 Å². The first-order chi connectivity index (χ1) is 12.9. The number of benzene rings is 1. The van der Waals surface area contributed by atoms with Crippen molar-refractivity contribution in [1.82, 2.24) is 15.2 Å². The van der Waals surface area contributed by atoms with Gasteiger partial charge in [0.1, 0.15) is 5.69 Å². The zero-order valence-corrected chi connectivity index (χ0v) is 16.1. The van der Waals surface area contributed by atoms with Gasteiger partial charge in [-0.05, 0) is 63.3 Å². The zero-order chi connectivity index (χ0) is 18.9. The van der Waals surface area contributed by atoms with Crippen LogP contribution in [0.4, 0.5) is 5.69 Å². The van der Waals surface area contributed by atoms with Crippen LogP contribution in [-0.4, -0.2) is 27.6 Å². The van der Waals surface area contributed by atoms with Crippen molar-refractivity contribution < 1.29 is 4.79 Å². The van der Waals surface area contributed by atoms with Crippen LogP contribution in [0.1, 0.15) is 42.7 Å². The van der Waals surface area contributed by atoms with Gasteiger partial charge in [0.15, 0.2) is 0 Å². The number of aromatic amines is 2. The lowest BCUT2D eigenvalue weighted by atomic mass is 9.85. The van der Waals surface area contributed by atoms with Crippen molar-refractivity contribution in [3.05, 3.63) is 47.2 Å². The minimum atomic E-state index is -0.525. The predicted octanol–water partition coefficient (Wildman–Crippen LogP) is 4.17. The first-order valence-electron chi connectivity index (χ1n) is 9.59. The summed E-state index contributed by atoms with van der Waals surface area (Å²) in [6, 6.07) is 4.36. The van der Waals surface area contributed by atoms with Gasteiger partial charge >= 0.3 is 0 Å². The molecule has 1 aliphatic carbocycles. The second kappa shape index (κ2) is 5.35. The quantitative estimate of drug-likeness (QED) is 0.674. The number of rotatable bonds is 2. The summed E-state index contributed by atoms with van der Waals surface area (Å²) in [5.74, 6) is 0.140. The van der Waals surface area contributed by atoms with Gasteiger partial charge in [-0.3, -0.25) is 9.89 Å². The van der Waals surface area contributed by atoms with E-state index >= 15 is 0 Å². The lowest BCUT2D eigenvalue weighted by Gasteiger charge is -2.18. The van der Waals surface area contributed by atoms with E-state index in [1.165, 1.54) is 16.5 Å². The summed E-state index contributed by atoms with van der Waals surface area (Å²) < 4.78 is 0. The summed E-state index contributed by atoms with van der Waals surface area (Å²) in [7, 11) is 0. The van der Waals surface area contributed by atoms with Gasteiger partial charge in [-0.15, -0.1) is 6.58 Å². The number of hydrogen-bond donors (Lipinski definition) is 2. The number of H-pyrrole nitrogens is 2. The summed E-state index contributed by atoms with van der Waals surface area (Å²) in [5.41, 5.74) is 8.63. The van der Waals surface area contributed by atoms with Crippen LogP contribution in [0, 0.1) is 6.92 Å². The summed E-state index contributed by atoms with van der Waals surface area (Å²) in [4.78, 5) is 18.4. The first kappa shape index (κ1) is 16.4. The Balaban J connectivity index is 1.78. The maximum Gasteiger partial charge on any atom is 0.237 e. The molecule has 0 unspecified atom stereocenters. The Morgan fingerprint density at radius 3 is 2.85 bits per heavy atom. The fourth-order valence-electron chi connectivity index (χ4n) is 4.75. The monoisotopic (exact) mass is 360 g/mol. The van der Waals surface area contributed by atoms with Gasteiger partial charge in [0, 0.05) is 34.4 Å². The largest absolute Gasteiger partial charge is 0.353 e. The number of aromatic nitrogens is 3. The number of amides is 1. The van der Waals surface area contributed by atoms with Crippen LogP contribution in [0.5, 0.6) is 0 Å². The molecule has 0 saturated carbocycles. The van der Waals surface area contributed by atoms with Crippen molar-refractivity contribution in [2.45, 2.75) is 45.4 Å². The predicted molar refractivity (Wildman–Crippen MR) is 108 cm³/mol. The molecule has 5 heteroatoms. The van der Waals surface area contributed by atoms with Crippen molar-refractivity contribution in [3.63, 3.8) is 0 Å². The molecule has 1 aliphatic heterocycles. The number of aryl methyl sites for hydroxylation is 2. The Labute approximate surface area is 158 Å². The van der Waals surface area contributed by atoms with E-state index in [9.17, 15) is 4.79 Å². The van der Waals surface area contributed by atoms with Crippen molar-refractivity contribution in [3.8, 4) is 11.4 Å². The molecule has 0 fully saturated rings. The van der Waals surface area contributed by atoms with Crippen LogP contribution in [0.15, 0.2) is 24.8 Å². The molecular weight excluding hydrogens is 336 g/mol. The molecule has 5 rings (SSSR count). The lowest BCUT2D eigenvalue weighted by Crippen LogP contribution is -2.36. The SMILES string of the molecule is C=CCN1C(=O)C(C)(C)c2cc3[nH]c4c(c3cc21)CCCc1c-4n[nH]c1C. The molecule has 0 atom stereocenters. The standard InChI is InChI=1S/C22H24N4O/c1-5-9-26-18-10-15-14-8-6-7-13-12(2)24-25-20(13)19(14)23-17(15)11-16(18)22(3,4)21(26)27/h5,10-11,23H,1,6-9H2,2-4H3,(H,24,25). The van der Waals surface area contributed by atoms with Crippen molar-refractivity contribution in [2.75, 3.05) is 11.4 Å². The Kier molecular flexibility index (Phi) is 3.24. The van der Waals surface area contributed by atoms with Crippen LogP contribution in [-0.2, 0) is 23.1 Å². The topological polar surface area (TPSA) is 64.8 Å². The smallest absolute Gasteiger partial charge is 0.237 e. The minimum absolute atomic E-state index is 0.140. The van der Waals surface area contributed by atoms with Gasteiger partial charge in [0.2, 0.25) is 5.91 Å². The number of fused-ring (bicyclic) bond motifs is 6. The number of anilines is 1.